The Hall–Kier alpha value is -0.900. The highest BCUT2D eigenvalue weighted by atomic mass is 16.2. The van der Waals surface area contributed by atoms with Crippen LogP contribution in [0.1, 0.15) is 12.8 Å². The van der Waals surface area contributed by atoms with Crippen LogP contribution in [0.25, 0.3) is 0 Å². The average molecular weight is 158 g/mol. The molecular formula is C7H14N2O2. The van der Waals surface area contributed by atoms with E-state index in [2.05, 4.69) is 0 Å². The van der Waals surface area contributed by atoms with Gasteiger partial charge >= 0.3 is 0 Å². The number of unbranched alkanes of at least 4 members (excludes halogenated alkanes) is 1. The van der Waals surface area contributed by atoms with Gasteiger partial charge < -0.3 is 15.4 Å². The molecule has 0 heterocycles. The molecule has 0 aromatic rings. The van der Waals surface area contributed by atoms with Crippen LogP contribution in [0.3, 0.4) is 0 Å². The van der Waals surface area contributed by atoms with Crippen molar-refractivity contribution in [3.05, 3.63) is 0 Å². The molecule has 0 rings (SSSR count). The third-order valence-corrected chi connectivity index (χ3v) is 1.42. The fourth-order valence-corrected chi connectivity index (χ4v) is 0.692. The molecule has 0 aromatic heterocycles. The molecule has 2 N–H and O–H groups in total. The molecule has 0 aromatic carbocycles. The fourth-order valence-electron chi connectivity index (χ4n) is 0.692. The zero-order valence-electron chi connectivity index (χ0n) is 6.75. The van der Waals surface area contributed by atoms with Crippen molar-refractivity contribution in [1.29, 1.82) is 0 Å². The molecule has 0 fully saturated rings. The molecule has 0 saturated carbocycles. The van der Waals surface area contributed by atoms with Crippen molar-refractivity contribution in [2.24, 2.45) is 5.73 Å². The van der Waals surface area contributed by atoms with E-state index >= 15 is 0 Å². The number of carbonyl (C=O) groups is 2. The molecule has 0 bridgehead atoms. The van der Waals surface area contributed by atoms with Gasteiger partial charge in [0.05, 0.1) is 6.54 Å². The number of aldehydes is 1. The number of carbonyl (C=O) groups excluding carboxylic acids is 2. The van der Waals surface area contributed by atoms with Gasteiger partial charge in [-0.25, -0.2) is 0 Å². The topological polar surface area (TPSA) is 63.4 Å². The van der Waals surface area contributed by atoms with Gasteiger partial charge in [0.1, 0.15) is 6.29 Å². The van der Waals surface area contributed by atoms with Crippen LogP contribution in [-0.2, 0) is 9.59 Å². The highest BCUT2D eigenvalue weighted by molar-refractivity contribution is 5.77. The maximum atomic E-state index is 10.8. The van der Waals surface area contributed by atoms with Gasteiger partial charge in [0.15, 0.2) is 0 Å². The lowest BCUT2D eigenvalue weighted by Gasteiger charge is -2.14. The van der Waals surface area contributed by atoms with Gasteiger partial charge in [-0.2, -0.15) is 0 Å². The number of hydrogen-bond donors (Lipinski definition) is 1. The minimum atomic E-state index is -0.0871. The molecule has 0 aliphatic heterocycles. The summed E-state index contributed by atoms with van der Waals surface area (Å²) in [5.41, 5.74) is 5.12. The molecule has 0 aliphatic carbocycles. The Kier molecular flexibility index (Phi) is 5.37. The minimum absolute atomic E-state index is 0.0393. The molecule has 64 valence electrons. The van der Waals surface area contributed by atoms with Crippen molar-refractivity contribution < 1.29 is 9.59 Å². The van der Waals surface area contributed by atoms with Crippen LogP contribution in [0.2, 0.25) is 0 Å². The van der Waals surface area contributed by atoms with E-state index in [-0.39, 0.29) is 12.5 Å². The lowest BCUT2D eigenvalue weighted by Crippen LogP contribution is -2.33. The maximum Gasteiger partial charge on any atom is 0.236 e. The lowest BCUT2D eigenvalue weighted by atomic mass is 10.3. The molecule has 4 heteroatoms. The van der Waals surface area contributed by atoms with Crippen LogP contribution < -0.4 is 5.73 Å². The largest absolute Gasteiger partial charge is 0.345 e. The SMILES string of the molecule is CN(CCCC=O)C(=O)CN. The predicted molar refractivity (Wildman–Crippen MR) is 42.0 cm³/mol. The summed E-state index contributed by atoms with van der Waals surface area (Å²) >= 11 is 0. The lowest BCUT2D eigenvalue weighted by molar-refractivity contribution is -0.128. The second kappa shape index (κ2) is 5.85. The second-order valence-electron chi connectivity index (χ2n) is 2.33. The van der Waals surface area contributed by atoms with Crippen molar-refractivity contribution in [1.82, 2.24) is 4.90 Å². The summed E-state index contributed by atoms with van der Waals surface area (Å²) in [6, 6.07) is 0. The highest BCUT2D eigenvalue weighted by Gasteiger charge is 2.03. The molecule has 0 saturated heterocycles. The van der Waals surface area contributed by atoms with Gasteiger partial charge in [0.25, 0.3) is 0 Å². The van der Waals surface area contributed by atoms with Crippen LogP contribution >= 0.6 is 0 Å². The molecule has 4 nitrogen and oxygen atoms in total. The first-order chi connectivity index (χ1) is 5.22. The van der Waals surface area contributed by atoms with Gasteiger partial charge in [-0.05, 0) is 6.42 Å². The van der Waals surface area contributed by atoms with Crippen LogP contribution in [0.15, 0.2) is 0 Å². The van der Waals surface area contributed by atoms with E-state index < -0.39 is 0 Å². The summed E-state index contributed by atoms with van der Waals surface area (Å²) in [4.78, 5) is 22.2. The van der Waals surface area contributed by atoms with Gasteiger partial charge in [-0.15, -0.1) is 0 Å². The number of amides is 1. The monoisotopic (exact) mass is 158 g/mol. The molecule has 0 radical (unpaired) electrons. The quantitative estimate of drug-likeness (QED) is 0.428. The average Bonchev–Trinajstić information content (AvgIpc) is 2.03. The number of rotatable bonds is 5. The van der Waals surface area contributed by atoms with Crippen molar-refractivity contribution in [2.75, 3.05) is 20.1 Å². The number of likely N-dealkylation sites (N-methyl/N-ethyl adjacent to an activating group) is 1. The molecular weight excluding hydrogens is 144 g/mol. The van der Waals surface area contributed by atoms with E-state index in [4.69, 9.17) is 5.73 Å². The van der Waals surface area contributed by atoms with Crippen molar-refractivity contribution >= 4 is 12.2 Å². The van der Waals surface area contributed by atoms with E-state index in [1.807, 2.05) is 0 Å². The Bertz CT molecular complexity index is 136. The zero-order valence-corrected chi connectivity index (χ0v) is 6.75. The molecule has 0 aliphatic rings. The Balaban J connectivity index is 3.43. The van der Waals surface area contributed by atoms with Crippen molar-refractivity contribution in [2.45, 2.75) is 12.8 Å². The first kappa shape index (κ1) is 10.1. The first-order valence-corrected chi connectivity index (χ1v) is 3.60. The zero-order chi connectivity index (χ0) is 8.69. The summed E-state index contributed by atoms with van der Waals surface area (Å²) in [5.74, 6) is -0.0871. The second-order valence-corrected chi connectivity index (χ2v) is 2.33. The smallest absolute Gasteiger partial charge is 0.236 e. The Morgan fingerprint density at radius 1 is 1.64 bits per heavy atom. The summed E-state index contributed by atoms with van der Waals surface area (Å²) in [5, 5.41) is 0. The molecule has 0 spiro atoms. The van der Waals surface area contributed by atoms with Crippen LogP contribution in [0.5, 0.6) is 0 Å². The maximum absolute atomic E-state index is 10.8. The van der Waals surface area contributed by atoms with Crippen LogP contribution in [0.4, 0.5) is 0 Å². The number of nitrogens with zero attached hydrogens (tertiary/aromatic N) is 1. The fraction of sp³-hybridized carbons (Fsp3) is 0.714. The summed E-state index contributed by atoms with van der Waals surface area (Å²) < 4.78 is 0. The molecule has 1 amide bonds. The first-order valence-electron chi connectivity index (χ1n) is 3.60. The Labute approximate surface area is 66.4 Å². The van der Waals surface area contributed by atoms with Crippen molar-refractivity contribution in [3.63, 3.8) is 0 Å². The van der Waals surface area contributed by atoms with Crippen molar-refractivity contribution in [3.8, 4) is 0 Å². The van der Waals surface area contributed by atoms with E-state index in [9.17, 15) is 9.59 Å². The predicted octanol–water partition coefficient (Wildman–Crippen LogP) is -0.617. The number of hydrogen-bond acceptors (Lipinski definition) is 3. The Morgan fingerprint density at radius 2 is 2.27 bits per heavy atom. The number of nitrogens with two attached hydrogens (primary N) is 1. The summed E-state index contributed by atoms with van der Waals surface area (Å²) in [6.45, 7) is 0.645. The van der Waals surface area contributed by atoms with E-state index in [1.165, 1.54) is 4.90 Å². The van der Waals surface area contributed by atoms with Crippen LogP contribution in [0, 0.1) is 0 Å². The van der Waals surface area contributed by atoms with Crippen LogP contribution in [-0.4, -0.2) is 37.2 Å². The van der Waals surface area contributed by atoms with E-state index in [1.54, 1.807) is 7.05 Å². The third kappa shape index (κ3) is 4.50. The van der Waals surface area contributed by atoms with Gasteiger partial charge in [-0.3, -0.25) is 4.79 Å². The molecule has 0 atom stereocenters. The third-order valence-electron chi connectivity index (χ3n) is 1.42. The highest BCUT2D eigenvalue weighted by Crippen LogP contribution is 1.89. The van der Waals surface area contributed by atoms with E-state index in [0.717, 1.165) is 6.29 Å². The molecule has 11 heavy (non-hydrogen) atoms. The van der Waals surface area contributed by atoms with Gasteiger partial charge in [0, 0.05) is 20.0 Å². The van der Waals surface area contributed by atoms with Gasteiger partial charge in [0.2, 0.25) is 5.91 Å². The summed E-state index contributed by atoms with van der Waals surface area (Å²) in [7, 11) is 1.68. The summed E-state index contributed by atoms with van der Waals surface area (Å²) in [6.07, 6.45) is 2.06. The van der Waals surface area contributed by atoms with E-state index in [0.29, 0.717) is 19.4 Å². The molecule has 0 unspecified atom stereocenters. The Morgan fingerprint density at radius 3 is 2.73 bits per heavy atom. The standard InChI is InChI=1S/C7H14N2O2/c1-9(7(11)6-8)4-2-3-5-10/h5H,2-4,6,8H2,1H3. The van der Waals surface area contributed by atoms with Gasteiger partial charge in [-0.1, -0.05) is 0 Å². The normalized spacial score (nSPS) is 9.27. The minimum Gasteiger partial charge on any atom is -0.345 e.